The van der Waals surface area contributed by atoms with Crippen molar-refractivity contribution in [2.75, 3.05) is 57.9 Å². The zero-order valence-corrected chi connectivity index (χ0v) is 37.6. The highest BCUT2D eigenvalue weighted by Crippen LogP contribution is 2.44. The molecule has 1 amide bonds. The first-order valence-corrected chi connectivity index (χ1v) is 24.5. The molecule has 0 aliphatic carbocycles. The molecule has 7 bridgehead atoms. The summed E-state index contributed by atoms with van der Waals surface area (Å²) in [5, 5.41) is 16.2. The number of nitrogens with zero attached hydrogens (tertiary/aromatic N) is 6. The number of pyridine rings is 1. The highest BCUT2D eigenvalue weighted by molar-refractivity contribution is 6.90. The molecule has 7 heterocycles. The van der Waals surface area contributed by atoms with Crippen LogP contribution in [0.4, 0.5) is 14.6 Å². The van der Waals surface area contributed by atoms with Gasteiger partial charge in [-0.3, -0.25) is 14.7 Å². The summed E-state index contributed by atoms with van der Waals surface area (Å²) in [5.41, 5.74) is 4.24. The normalized spacial score (nSPS) is 26.0. The van der Waals surface area contributed by atoms with Gasteiger partial charge in [0.1, 0.15) is 43.3 Å². The first-order valence-electron chi connectivity index (χ1n) is 22.2. The van der Waals surface area contributed by atoms with Gasteiger partial charge in [-0.25, -0.2) is 8.78 Å². The van der Waals surface area contributed by atoms with Crippen molar-refractivity contribution in [2.45, 2.75) is 120 Å². The Hall–Kier alpha value is -4.42. The van der Waals surface area contributed by atoms with Gasteiger partial charge >= 0.3 is 6.01 Å². The highest BCUT2D eigenvalue weighted by atomic mass is 28.3. The fourth-order valence-electron chi connectivity index (χ4n) is 12.0. The summed E-state index contributed by atoms with van der Waals surface area (Å²) in [6.45, 7) is 17.2. The van der Waals surface area contributed by atoms with E-state index in [2.05, 4.69) is 68.1 Å². The number of nitrogens with one attached hydrogen (secondary N) is 1. The van der Waals surface area contributed by atoms with Crippen LogP contribution < -0.4 is 15.0 Å². The molecule has 324 valence electrons. The van der Waals surface area contributed by atoms with Crippen molar-refractivity contribution in [3.63, 3.8) is 0 Å². The molecule has 5 aliphatic rings. The van der Waals surface area contributed by atoms with E-state index < -0.39 is 25.2 Å². The lowest BCUT2D eigenvalue weighted by atomic mass is 9.94. The van der Waals surface area contributed by atoms with Gasteiger partial charge in [-0.1, -0.05) is 53.5 Å². The average molecular weight is 852 g/mol. The topological polar surface area (TPSA) is 116 Å². The van der Waals surface area contributed by atoms with Crippen LogP contribution >= 0.6 is 0 Å². The summed E-state index contributed by atoms with van der Waals surface area (Å²) in [4.78, 5) is 34.4. The van der Waals surface area contributed by atoms with E-state index in [0.29, 0.717) is 77.9 Å². The Morgan fingerprint density at radius 1 is 1.03 bits per heavy atom. The number of amides is 1. The maximum absolute atomic E-state index is 17.7. The second kappa shape index (κ2) is 15.7. The first-order chi connectivity index (χ1) is 29.1. The monoisotopic (exact) mass is 851 g/mol. The number of anilines is 1. The lowest BCUT2D eigenvalue weighted by Crippen LogP contribution is -2.64. The number of piperazine rings is 1. The first kappa shape index (κ1) is 41.9. The summed E-state index contributed by atoms with van der Waals surface area (Å²) in [7, 11) is -0.437. The van der Waals surface area contributed by atoms with Crippen molar-refractivity contribution in [3.05, 3.63) is 47.7 Å². The van der Waals surface area contributed by atoms with E-state index in [-0.39, 0.29) is 57.7 Å². The Balaban J connectivity index is 1.21. The molecular weight excluding hydrogens is 793 g/mol. The summed E-state index contributed by atoms with van der Waals surface area (Å²) < 4.78 is 46.8. The zero-order valence-electron chi connectivity index (χ0n) is 36.6. The van der Waals surface area contributed by atoms with Gasteiger partial charge in [0.25, 0.3) is 0 Å². The number of phenolic OH excluding ortho intramolecular Hbond substituents is 1. The molecule has 11 nitrogen and oxygen atoms in total. The second-order valence-corrected chi connectivity index (χ2v) is 25.1. The highest BCUT2D eigenvalue weighted by Gasteiger charge is 2.50. The number of likely N-dealkylation sites (N-methyl/N-ethyl adjacent to an activating group) is 1. The molecule has 2 N–H and O–H groups in total. The van der Waals surface area contributed by atoms with Crippen LogP contribution in [0.1, 0.15) is 85.6 Å². The van der Waals surface area contributed by atoms with E-state index in [1.54, 1.807) is 18.3 Å². The second-order valence-electron chi connectivity index (χ2n) is 19.5. The van der Waals surface area contributed by atoms with Gasteiger partial charge in [0.2, 0.25) is 5.91 Å². The van der Waals surface area contributed by atoms with Crippen LogP contribution in [0.15, 0.2) is 30.5 Å². The molecule has 0 radical (unpaired) electrons. The molecule has 4 atom stereocenters. The van der Waals surface area contributed by atoms with Crippen LogP contribution in [-0.4, -0.2) is 120 Å². The van der Waals surface area contributed by atoms with Gasteiger partial charge < -0.3 is 29.7 Å². The van der Waals surface area contributed by atoms with Crippen LogP contribution in [0.2, 0.25) is 16.6 Å². The Morgan fingerprint density at radius 2 is 1.82 bits per heavy atom. The van der Waals surface area contributed by atoms with E-state index in [1.807, 2.05) is 11.9 Å². The molecule has 4 fully saturated rings. The van der Waals surface area contributed by atoms with Gasteiger partial charge in [-0.05, 0) is 78.9 Å². The fourth-order valence-corrected chi connectivity index (χ4v) is 17.2. The molecule has 14 heteroatoms. The van der Waals surface area contributed by atoms with Crippen molar-refractivity contribution < 1.29 is 28.2 Å². The number of ether oxygens (including phenoxy) is 2. The molecule has 61 heavy (non-hydrogen) atoms. The Labute approximate surface area is 358 Å². The molecule has 4 aromatic rings. The summed E-state index contributed by atoms with van der Waals surface area (Å²) >= 11 is 0. The Kier molecular flexibility index (Phi) is 10.8. The number of benzene rings is 2. The molecule has 0 saturated carbocycles. The number of hydrogen-bond acceptors (Lipinski definition) is 10. The van der Waals surface area contributed by atoms with Gasteiger partial charge in [-0.2, -0.15) is 9.97 Å². The number of aromatic hydroxyl groups is 1. The van der Waals surface area contributed by atoms with Crippen molar-refractivity contribution in [2.24, 2.45) is 0 Å². The lowest BCUT2D eigenvalue weighted by molar-refractivity contribution is -0.132. The molecule has 2 aromatic heterocycles. The van der Waals surface area contributed by atoms with Gasteiger partial charge in [0.15, 0.2) is 5.82 Å². The molecule has 0 unspecified atom stereocenters. The maximum atomic E-state index is 17.7. The standard InChI is InChI=1S/C47H59F2N7O4Si/c1-28(2)61(29(3)4,30(5)6)18-13-35-38(48)10-9-31-19-33(57)20-36(40(31)35)42-41(49)43-37(22-50-42)44-52-45(51-43)60-27-47-14-8-16-56(47)24-34(21-47)59-17-12-39(58)54(7)25-46-15-11-32(53-46)23-55(44)26-46/h9-10,19-20,22,28-30,32,34,53,57H,8,11-12,14-17,21,23-27H2,1-7H3/t32-,34-,46-,47-/m1/s1. The molecule has 5 aliphatic heterocycles. The van der Waals surface area contributed by atoms with E-state index in [1.165, 1.54) is 12.1 Å². The number of carbonyl (C=O) groups excluding carboxylic acids is 1. The number of carbonyl (C=O) groups is 1. The maximum Gasteiger partial charge on any atom is 0.319 e. The quantitative estimate of drug-likeness (QED) is 0.157. The third-order valence-corrected chi connectivity index (χ3v) is 21.1. The number of rotatable bonds is 4. The SMILES string of the molecule is CC(C)[Si](C#Cc1c(F)ccc2cc(O)cc(-c3ncc4c5nc(nc4c3F)OC[C@]34CCCN3C[C@@H](C4)OCCC(=O)N(C)C[C@]34CC[C@H](CN5C3)N4)c12)(C(C)C)C(C)C. The minimum Gasteiger partial charge on any atom is -0.508 e. The predicted octanol–water partition coefficient (Wildman–Crippen LogP) is 7.57. The van der Waals surface area contributed by atoms with E-state index in [9.17, 15) is 9.90 Å². The number of fused-ring (bicyclic) bond motifs is 9. The minimum atomic E-state index is -2.30. The zero-order chi connectivity index (χ0) is 43.0. The van der Waals surface area contributed by atoms with Gasteiger partial charge in [0, 0.05) is 56.4 Å². The third kappa shape index (κ3) is 7.23. The number of halogens is 2. The molecular formula is C47H59F2N7O4Si. The third-order valence-electron chi connectivity index (χ3n) is 14.8. The molecule has 9 rings (SSSR count). The van der Waals surface area contributed by atoms with Crippen molar-refractivity contribution in [1.29, 1.82) is 0 Å². The molecule has 2 spiro atoms. The van der Waals surface area contributed by atoms with Crippen molar-refractivity contribution >= 4 is 41.5 Å². The largest absolute Gasteiger partial charge is 0.508 e. The van der Waals surface area contributed by atoms with Crippen molar-refractivity contribution in [3.8, 4) is 34.5 Å². The van der Waals surface area contributed by atoms with Crippen LogP contribution in [0.5, 0.6) is 11.8 Å². The Morgan fingerprint density at radius 3 is 2.59 bits per heavy atom. The molecule has 2 aromatic carbocycles. The average Bonchev–Trinajstić information content (AvgIpc) is 3.86. The van der Waals surface area contributed by atoms with Gasteiger partial charge in [0.05, 0.1) is 41.2 Å². The summed E-state index contributed by atoms with van der Waals surface area (Å²) in [6, 6.07) is 6.15. The predicted molar refractivity (Wildman–Crippen MR) is 237 cm³/mol. The van der Waals surface area contributed by atoms with Crippen LogP contribution in [-0.2, 0) is 9.53 Å². The minimum absolute atomic E-state index is 0.0231. The van der Waals surface area contributed by atoms with Crippen LogP contribution in [0.3, 0.4) is 0 Å². The van der Waals surface area contributed by atoms with E-state index in [4.69, 9.17) is 24.4 Å². The number of aromatic nitrogens is 3. The fraction of sp³-hybridized carbons (Fsp3) is 0.574. The van der Waals surface area contributed by atoms with Crippen molar-refractivity contribution in [1.82, 2.24) is 30.1 Å². The van der Waals surface area contributed by atoms with Crippen LogP contribution in [0, 0.1) is 23.1 Å². The number of hydrogen-bond donors (Lipinski definition) is 2. The lowest BCUT2D eigenvalue weighted by Gasteiger charge is -2.44. The van der Waals surface area contributed by atoms with Gasteiger partial charge in [-0.15, -0.1) is 5.54 Å². The summed E-state index contributed by atoms with van der Waals surface area (Å²) in [5.74, 6) is 2.51. The van der Waals surface area contributed by atoms with E-state index >= 15 is 8.78 Å². The Bertz CT molecular complexity index is 2440. The molecule has 4 saturated heterocycles. The summed E-state index contributed by atoms with van der Waals surface area (Å²) in [6.07, 6.45) is 6.36. The number of phenols is 1. The smallest absolute Gasteiger partial charge is 0.319 e. The van der Waals surface area contributed by atoms with E-state index in [0.717, 1.165) is 45.2 Å². The van der Waals surface area contributed by atoms with Crippen LogP contribution in [0.25, 0.3) is 32.9 Å².